The number of rotatable bonds is 1. The molecule has 1 rings (SSSR count). The molecule has 0 radical (unpaired) electrons. The molecule has 0 amide bonds. The van der Waals surface area contributed by atoms with Crippen LogP contribution in [0.3, 0.4) is 0 Å². The Morgan fingerprint density at radius 3 is 2.25 bits per heavy atom. The maximum absolute atomic E-state index is 11.3. The Balaban J connectivity index is 2.89. The molecule has 68 valence electrons. The van der Waals surface area contributed by atoms with E-state index < -0.39 is 11.2 Å². The van der Waals surface area contributed by atoms with Crippen molar-refractivity contribution in [1.82, 2.24) is 0 Å². The van der Waals surface area contributed by atoms with Crippen molar-refractivity contribution < 1.29 is 4.55 Å². The molecule has 1 nitrogen and oxygen atoms in total. The van der Waals surface area contributed by atoms with E-state index in [0.29, 0.717) is 11.8 Å². The Morgan fingerprint density at radius 1 is 1.25 bits per heavy atom. The average molecular weight is 184 g/mol. The van der Waals surface area contributed by atoms with Crippen molar-refractivity contribution in [3.63, 3.8) is 0 Å². The average Bonchev–Trinajstić information content (AvgIpc) is 1.96. The zero-order chi connectivity index (χ0) is 9.30. The number of hydrogen-bond donors (Lipinski definition) is 0. The van der Waals surface area contributed by atoms with E-state index in [0.717, 1.165) is 4.91 Å². The van der Waals surface area contributed by atoms with E-state index in [1.165, 1.54) is 5.57 Å². The lowest BCUT2D eigenvalue weighted by atomic mass is 9.89. The molecular formula is C10H16OS. The minimum Gasteiger partial charge on any atom is -0.612 e. The van der Waals surface area contributed by atoms with Gasteiger partial charge in [-0.2, -0.15) is 0 Å². The van der Waals surface area contributed by atoms with Gasteiger partial charge in [0.25, 0.3) is 0 Å². The maximum atomic E-state index is 11.3. The minimum absolute atomic E-state index is 0.521. The van der Waals surface area contributed by atoms with Crippen LogP contribution in [0.1, 0.15) is 20.8 Å². The van der Waals surface area contributed by atoms with Crippen LogP contribution in [0.25, 0.3) is 0 Å². The van der Waals surface area contributed by atoms with E-state index in [9.17, 15) is 4.55 Å². The van der Waals surface area contributed by atoms with Gasteiger partial charge in [0.1, 0.15) is 6.26 Å². The maximum Gasteiger partial charge on any atom is 0.151 e. The predicted molar refractivity (Wildman–Crippen MR) is 54.2 cm³/mol. The normalized spacial score (nSPS) is 32.4. The Labute approximate surface area is 77.7 Å². The topological polar surface area (TPSA) is 23.1 Å². The highest BCUT2D eigenvalue weighted by Gasteiger charge is 2.21. The first-order valence-electron chi connectivity index (χ1n) is 4.26. The summed E-state index contributed by atoms with van der Waals surface area (Å²) in [6, 6.07) is 0. The monoisotopic (exact) mass is 184 g/mol. The van der Waals surface area contributed by atoms with Crippen molar-refractivity contribution >= 4 is 11.2 Å². The van der Waals surface area contributed by atoms with Gasteiger partial charge in [-0.05, 0) is 36.0 Å². The Hall–Kier alpha value is -0.210. The van der Waals surface area contributed by atoms with Gasteiger partial charge in [0, 0.05) is 5.57 Å². The summed E-state index contributed by atoms with van der Waals surface area (Å²) in [5, 5.41) is 0. The third-order valence-corrected chi connectivity index (χ3v) is 3.53. The van der Waals surface area contributed by atoms with Crippen LogP contribution in [-0.4, -0.2) is 10.8 Å². The van der Waals surface area contributed by atoms with Crippen LogP contribution >= 0.6 is 0 Å². The van der Waals surface area contributed by atoms with Gasteiger partial charge in [-0.25, -0.2) is 0 Å². The molecule has 1 aliphatic rings. The smallest absolute Gasteiger partial charge is 0.151 e. The van der Waals surface area contributed by atoms with Gasteiger partial charge in [-0.3, -0.25) is 0 Å². The van der Waals surface area contributed by atoms with Crippen LogP contribution < -0.4 is 0 Å². The third-order valence-electron chi connectivity index (χ3n) is 2.45. The molecule has 1 aliphatic carbocycles. The summed E-state index contributed by atoms with van der Waals surface area (Å²) in [7, 11) is 0. The van der Waals surface area contributed by atoms with Gasteiger partial charge >= 0.3 is 0 Å². The first-order valence-corrected chi connectivity index (χ1v) is 5.82. The minimum atomic E-state index is -0.825. The van der Waals surface area contributed by atoms with E-state index >= 15 is 0 Å². The summed E-state index contributed by atoms with van der Waals surface area (Å²) in [5.74, 6) is 1.10. The van der Waals surface area contributed by atoms with Crippen molar-refractivity contribution in [2.24, 2.45) is 11.8 Å². The molecule has 0 saturated carbocycles. The standard InChI is InChI=1S/C10H16OS/c1-7-5-9(3)10(12(4)11)6-8(7)2/h5-8H,1-4H3/t7-,8?,12?/m0/s1. The molecule has 0 spiro atoms. The molecule has 0 fully saturated rings. The molecule has 0 aromatic carbocycles. The quantitative estimate of drug-likeness (QED) is 0.574. The first-order chi connectivity index (χ1) is 5.52. The van der Waals surface area contributed by atoms with Gasteiger partial charge < -0.3 is 4.55 Å². The molecule has 0 aromatic heterocycles. The highest BCUT2D eigenvalue weighted by Crippen LogP contribution is 2.29. The van der Waals surface area contributed by atoms with Gasteiger partial charge in [-0.15, -0.1) is 0 Å². The van der Waals surface area contributed by atoms with Crippen LogP contribution in [0.2, 0.25) is 0 Å². The molecule has 2 heteroatoms. The van der Waals surface area contributed by atoms with Crippen molar-refractivity contribution in [3.8, 4) is 0 Å². The molecular weight excluding hydrogens is 168 g/mol. The second kappa shape index (κ2) is 3.67. The summed E-state index contributed by atoms with van der Waals surface area (Å²) in [6.45, 7) is 6.40. The molecule has 12 heavy (non-hydrogen) atoms. The molecule has 3 atom stereocenters. The van der Waals surface area contributed by atoms with Gasteiger partial charge in [0.05, 0.1) is 0 Å². The van der Waals surface area contributed by atoms with E-state index in [1.54, 1.807) is 6.26 Å². The summed E-state index contributed by atoms with van der Waals surface area (Å²) in [6.07, 6.45) is 6.09. The highest BCUT2D eigenvalue weighted by molar-refractivity contribution is 7.94. The van der Waals surface area contributed by atoms with Crippen molar-refractivity contribution in [3.05, 3.63) is 22.6 Å². The predicted octanol–water partition coefficient (Wildman–Crippen LogP) is 2.48. The van der Waals surface area contributed by atoms with Crippen molar-refractivity contribution in [1.29, 1.82) is 0 Å². The highest BCUT2D eigenvalue weighted by atomic mass is 32.2. The second-order valence-corrected chi connectivity index (χ2v) is 4.90. The largest absolute Gasteiger partial charge is 0.612 e. The Kier molecular flexibility index (Phi) is 3.02. The summed E-state index contributed by atoms with van der Waals surface area (Å²) in [4.78, 5) is 1.01. The van der Waals surface area contributed by atoms with E-state index in [-0.39, 0.29) is 0 Å². The molecule has 0 aromatic rings. The molecule has 0 heterocycles. The fourth-order valence-corrected chi connectivity index (χ4v) is 2.40. The van der Waals surface area contributed by atoms with Gasteiger partial charge in [0.15, 0.2) is 4.91 Å². The van der Waals surface area contributed by atoms with Crippen LogP contribution in [0.4, 0.5) is 0 Å². The van der Waals surface area contributed by atoms with Crippen LogP contribution in [0.5, 0.6) is 0 Å². The van der Waals surface area contributed by atoms with E-state index in [4.69, 9.17) is 0 Å². The third kappa shape index (κ3) is 1.93. The van der Waals surface area contributed by atoms with Gasteiger partial charge in [0.2, 0.25) is 0 Å². The van der Waals surface area contributed by atoms with Crippen LogP contribution in [0, 0.1) is 11.8 Å². The molecule has 2 unspecified atom stereocenters. The Bertz CT molecular complexity index is 228. The molecule has 0 N–H and O–H groups in total. The zero-order valence-electron chi connectivity index (χ0n) is 8.13. The van der Waals surface area contributed by atoms with Crippen molar-refractivity contribution in [2.45, 2.75) is 20.8 Å². The molecule has 0 aliphatic heterocycles. The fraction of sp³-hybridized carbons (Fsp3) is 0.600. The number of hydrogen-bond acceptors (Lipinski definition) is 1. The SMILES string of the molecule is CC1=C[C@H](C)C(C)C=C1[S+](C)[O-]. The lowest BCUT2D eigenvalue weighted by Gasteiger charge is -2.22. The van der Waals surface area contributed by atoms with Crippen LogP contribution in [-0.2, 0) is 11.2 Å². The van der Waals surface area contributed by atoms with Crippen LogP contribution in [0.15, 0.2) is 22.6 Å². The van der Waals surface area contributed by atoms with Gasteiger partial charge in [-0.1, -0.05) is 19.9 Å². The molecule has 0 bridgehead atoms. The van der Waals surface area contributed by atoms with Crippen molar-refractivity contribution in [2.75, 3.05) is 6.26 Å². The first kappa shape index (κ1) is 9.87. The summed E-state index contributed by atoms with van der Waals surface area (Å²) < 4.78 is 11.3. The van der Waals surface area contributed by atoms with E-state index in [1.807, 2.05) is 6.92 Å². The second-order valence-electron chi connectivity index (χ2n) is 3.55. The number of allylic oxidation sites excluding steroid dienone is 3. The lowest BCUT2D eigenvalue weighted by molar-refractivity contribution is 0.544. The Morgan fingerprint density at radius 2 is 1.75 bits per heavy atom. The zero-order valence-corrected chi connectivity index (χ0v) is 8.94. The molecule has 0 saturated heterocycles. The summed E-state index contributed by atoms with van der Waals surface area (Å²) in [5.41, 5.74) is 1.18. The lowest BCUT2D eigenvalue weighted by Crippen LogP contribution is -2.14. The fourth-order valence-electron chi connectivity index (χ4n) is 1.47. The van der Waals surface area contributed by atoms with E-state index in [2.05, 4.69) is 26.0 Å². The summed E-state index contributed by atoms with van der Waals surface area (Å²) >= 11 is -0.825.